The van der Waals surface area contributed by atoms with Gasteiger partial charge in [-0.1, -0.05) is 0 Å². The van der Waals surface area contributed by atoms with Crippen molar-refractivity contribution in [1.82, 2.24) is 4.90 Å². The molecule has 6 nitrogen and oxygen atoms in total. The highest BCUT2D eigenvalue weighted by molar-refractivity contribution is 5.89. The highest BCUT2D eigenvalue weighted by Gasteiger charge is 2.17. The van der Waals surface area contributed by atoms with Gasteiger partial charge in [0.1, 0.15) is 11.5 Å². The van der Waals surface area contributed by atoms with Gasteiger partial charge in [-0.15, -0.1) is 0 Å². The maximum absolute atomic E-state index is 11.9. The van der Waals surface area contributed by atoms with Crippen LogP contribution >= 0.6 is 0 Å². The van der Waals surface area contributed by atoms with Gasteiger partial charge in [-0.2, -0.15) is 0 Å². The summed E-state index contributed by atoms with van der Waals surface area (Å²) in [6, 6.07) is 5.28. The number of carbonyl (C=O) groups is 2. The predicted molar refractivity (Wildman–Crippen MR) is 90.0 cm³/mol. The molecule has 0 spiro atoms. The average Bonchev–Trinajstić information content (AvgIpc) is 2.64. The molecular weight excluding hydrogens is 310 g/mol. The Hall–Kier alpha value is -2.50. The summed E-state index contributed by atoms with van der Waals surface area (Å²) in [5, 5.41) is 0. The molecule has 1 aromatic carbocycles. The molecule has 0 saturated carbocycles. The molecule has 0 aliphatic carbocycles. The van der Waals surface area contributed by atoms with E-state index in [2.05, 4.69) is 0 Å². The third-order valence-corrected chi connectivity index (χ3v) is 3.83. The number of rotatable bonds is 6. The highest BCUT2D eigenvalue weighted by atomic mass is 16.5. The summed E-state index contributed by atoms with van der Waals surface area (Å²) >= 11 is 0. The van der Waals surface area contributed by atoms with Crippen LogP contribution in [0.2, 0.25) is 0 Å². The van der Waals surface area contributed by atoms with Crippen molar-refractivity contribution in [3.05, 3.63) is 29.8 Å². The van der Waals surface area contributed by atoms with Crippen molar-refractivity contribution >= 4 is 18.0 Å². The molecule has 0 bridgehead atoms. The third kappa shape index (κ3) is 5.30. The van der Waals surface area contributed by atoms with Crippen molar-refractivity contribution < 1.29 is 23.8 Å². The van der Waals surface area contributed by atoms with Crippen LogP contribution in [-0.4, -0.2) is 50.7 Å². The second-order valence-corrected chi connectivity index (χ2v) is 5.53. The van der Waals surface area contributed by atoms with Crippen LogP contribution in [0.5, 0.6) is 11.5 Å². The van der Waals surface area contributed by atoms with Crippen LogP contribution in [0.15, 0.2) is 24.3 Å². The zero-order valence-corrected chi connectivity index (χ0v) is 14.1. The fraction of sp³-hybridized carbons (Fsp3) is 0.444. The Morgan fingerprint density at radius 3 is 2.25 bits per heavy atom. The minimum atomic E-state index is -0.554. The van der Waals surface area contributed by atoms with E-state index in [1.807, 2.05) is 0 Å². The van der Waals surface area contributed by atoms with Gasteiger partial charge < -0.3 is 19.1 Å². The normalized spacial score (nSPS) is 14.5. The molecule has 1 saturated heterocycles. The van der Waals surface area contributed by atoms with E-state index in [0.29, 0.717) is 11.5 Å². The molecule has 0 radical (unpaired) electrons. The largest absolute Gasteiger partial charge is 0.497 e. The lowest BCUT2D eigenvalue weighted by molar-refractivity contribution is -0.148. The van der Waals surface area contributed by atoms with Crippen LogP contribution in [0.3, 0.4) is 0 Å². The Labute approximate surface area is 142 Å². The van der Waals surface area contributed by atoms with Gasteiger partial charge in [0.05, 0.1) is 14.2 Å². The van der Waals surface area contributed by atoms with Crippen molar-refractivity contribution in [1.29, 1.82) is 0 Å². The summed E-state index contributed by atoms with van der Waals surface area (Å²) < 4.78 is 15.4. The summed E-state index contributed by atoms with van der Waals surface area (Å²) in [7, 11) is 3.12. The number of piperidine rings is 1. The van der Waals surface area contributed by atoms with Gasteiger partial charge in [-0.05, 0) is 43.0 Å². The Morgan fingerprint density at radius 2 is 1.67 bits per heavy atom. The van der Waals surface area contributed by atoms with Gasteiger partial charge >= 0.3 is 5.97 Å². The Balaban J connectivity index is 1.87. The Bertz CT molecular complexity index is 583. The average molecular weight is 333 g/mol. The molecule has 130 valence electrons. The molecule has 6 heteroatoms. The van der Waals surface area contributed by atoms with Crippen molar-refractivity contribution in [2.24, 2.45) is 0 Å². The number of benzene rings is 1. The van der Waals surface area contributed by atoms with E-state index in [0.717, 1.165) is 37.9 Å². The first-order valence-electron chi connectivity index (χ1n) is 7.98. The lowest BCUT2D eigenvalue weighted by atomic mass is 10.1. The number of likely N-dealkylation sites (tertiary alicyclic amines) is 1. The van der Waals surface area contributed by atoms with E-state index >= 15 is 0 Å². The monoisotopic (exact) mass is 333 g/mol. The van der Waals surface area contributed by atoms with Crippen molar-refractivity contribution in [2.75, 3.05) is 33.9 Å². The molecule has 0 aromatic heterocycles. The summed E-state index contributed by atoms with van der Waals surface area (Å²) in [6.45, 7) is 1.27. The van der Waals surface area contributed by atoms with E-state index < -0.39 is 5.97 Å². The summed E-state index contributed by atoms with van der Waals surface area (Å²) in [4.78, 5) is 25.4. The van der Waals surface area contributed by atoms with Gasteiger partial charge in [-0.3, -0.25) is 4.79 Å². The smallest absolute Gasteiger partial charge is 0.331 e. The van der Waals surface area contributed by atoms with Crippen LogP contribution in [0.25, 0.3) is 6.08 Å². The molecule has 1 heterocycles. The zero-order chi connectivity index (χ0) is 17.4. The maximum Gasteiger partial charge on any atom is 0.331 e. The molecule has 0 atom stereocenters. The molecule has 1 aromatic rings. The van der Waals surface area contributed by atoms with Crippen molar-refractivity contribution in [2.45, 2.75) is 19.3 Å². The standard InChI is InChI=1S/C18H23NO5/c1-22-15-10-14(11-16(12-15)23-2)6-7-18(21)24-13-17(20)19-8-4-3-5-9-19/h6-7,10-12H,3-5,8-9,13H2,1-2H3/b7-6+. The van der Waals surface area contributed by atoms with E-state index in [9.17, 15) is 9.59 Å². The van der Waals surface area contributed by atoms with Crippen molar-refractivity contribution in [3.63, 3.8) is 0 Å². The summed E-state index contributed by atoms with van der Waals surface area (Å²) in [6.07, 6.45) is 6.06. The fourth-order valence-corrected chi connectivity index (χ4v) is 2.51. The topological polar surface area (TPSA) is 65.1 Å². The molecule has 1 amide bonds. The molecule has 2 rings (SSSR count). The molecule has 0 N–H and O–H groups in total. The third-order valence-electron chi connectivity index (χ3n) is 3.83. The molecular formula is C18H23NO5. The Kier molecular flexibility index (Phi) is 6.66. The van der Waals surface area contributed by atoms with E-state index in [-0.39, 0.29) is 12.5 Å². The van der Waals surface area contributed by atoms with Gasteiger partial charge in [0.2, 0.25) is 0 Å². The first-order chi connectivity index (χ1) is 11.6. The second-order valence-electron chi connectivity index (χ2n) is 5.53. The van der Waals surface area contributed by atoms with Crippen LogP contribution < -0.4 is 9.47 Å². The van der Waals surface area contributed by atoms with E-state index in [1.165, 1.54) is 6.08 Å². The minimum absolute atomic E-state index is 0.139. The van der Waals surface area contributed by atoms with Gasteiger partial charge in [0.15, 0.2) is 6.61 Å². The van der Waals surface area contributed by atoms with E-state index in [1.54, 1.807) is 43.4 Å². The second kappa shape index (κ2) is 8.96. The molecule has 1 aliphatic heterocycles. The minimum Gasteiger partial charge on any atom is -0.497 e. The summed E-state index contributed by atoms with van der Waals surface area (Å²) in [5.74, 6) is 0.562. The number of hydrogen-bond acceptors (Lipinski definition) is 5. The number of esters is 1. The van der Waals surface area contributed by atoms with Crippen LogP contribution in [0.4, 0.5) is 0 Å². The number of hydrogen-bond donors (Lipinski definition) is 0. The highest BCUT2D eigenvalue weighted by Crippen LogP contribution is 2.23. The molecule has 24 heavy (non-hydrogen) atoms. The molecule has 1 aliphatic rings. The quantitative estimate of drug-likeness (QED) is 0.590. The number of methoxy groups -OCH3 is 2. The number of nitrogens with zero attached hydrogens (tertiary/aromatic N) is 1. The first kappa shape index (κ1) is 17.8. The maximum atomic E-state index is 11.9. The Morgan fingerprint density at radius 1 is 1.04 bits per heavy atom. The molecule has 1 fully saturated rings. The number of carbonyl (C=O) groups excluding carboxylic acids is 2. The molecule has 0 unspecified atom stereocenters. The van der Waals surface area contributed by atoms with E-state index in [4.69, 9.17) is 14.2 Å². The number of amides is 1. The van der Waals surface area contributed by atoms with Crippen LogP contribution in [-0.2, 0) is 14.3 Å². The van der Waals surface area contributed by atoms with Crippen LogP contribution in [0.1, 0.15) is 24.8 Å². The predicted octanol–water partition coefficient (Wildman–Crippen LogP) is 2.27. The van der Waals surface area contributed by atoms with Gasteiger partial charge in [-0.25, -0.2) is 4.79 Å². The summed E-state index contributed by atoms with van der Waals surface area (Å²) in [5.41, 5.74) is 0.741. The first-order valence-corrected chi connectivity index (χ1v) is 7.98. The zero-order valence-electron chi connectivity index (χ0n) is 14.1. The van der Waals surface area contributed by atoms with Crippen molar-refractivity contribution in [3.8, 4) is 11.5 Å². The lowest BCUT2D eigenvalue weighted by Crippen LogP contribution is -2.38. The van der Waals surface area contributed by atoms with Gasteiger partial charge in [0.25, 0.3) is 5.91 Å². The van der Waals surface area contributed by atoms with Crippen LogP contribution in [0, 0.1) is 0 Å². The number of ether oxygens (including phenoxy) is 3. The SMILES string of the molecule is COc1cc(/C=C/C(=O)OCC(=O)N2CCCCC2)cc(OC)c1. The lowest BCUT2D eigenvalue weighted by Gasteiger charge is -2.26. The van der Waals surface area contributed by atoms with Gasteiger partial charge in [0, 0.05) is 25.2 Å². The fourth-order valence-electron chi connectivity index (χ4n) is 2.51.